The standard InChI is InChI=1S/C22H23NO3/c1-15(2)20-21(25)19(18(24)13-16-9-5-3-6-10-16)22(26)23(20)14-17-11-7-4-8-12-17/h3-12,15,20,25H,13-14H2,1-2H3/t20-/m0/s1. The quantitative estimate of drug-likeness (QED) is 0.810. The highest BCUT2D eigenvalue weighted by atomic mass is 16.3. The Balaban J connectivity index is 1.87. The summed E-state index contributed by atoms with van der Waals surface area (Å²) in [5.41, 5.74) is 1.73. The Morgan fingerprint density at radius 1 is 1.00 bits per heavy atom. The smallest absolute Gasteiger partial charge is 0.261 e. The molecule has 134 valence electrons. The molecule has 0 bridgehead atoms. The summed E-state index contributed by atoms with van der Waals surface area (Å²) in [7, 11) is 0. The fourth-order valence-corrected chi connectivity index (χ4v) is 3.43. The average Bonchev–Trinajstić information content (AvgIpc) is 2.87. The van der Waals surface area contributed by atoms with Crippen LogP contribution in [-0.4, -0.2) is 27.7 Å². The van der Waals surface area contributed by atoms with E-state index in [9.17, 15) is 14.7 Å². The van der Waals surface area contributed by atoms with E-state index >= 15 is 0 Å². The second-order valence-corrected chi connectivity index (χ2v) is 6.95. The Morgan fingerprint density at radius 3 is 2.08 bits per heavy atom. The minimum atomic E-state index is -0.475. The minimum Gasteiger partial charge on any atom is -0.509 e. The van der Waals surface area contributed by atoms with Crippen LogP contribution in [0.5, 0.6) is 0 Å². The molecule has 0 saturated heterocycles. The van der Waals surface area contributed by atoms with Crippen LogP contribution in [0.25, 0.3) is 0 Å². The Morgan fingerprint density at radius 2 is 1.54 bits per heavy atom. The van der Waals surface area contributed by atoms with Gasteiger partial charge in [-0.25, -0.2) is 0 Å². The van der Waals surface area contributed by atoms with E-state index in [-0.39, 0.29) is 35.4 Å². The van der Waals surface area contributed by atoms with Gasteiger partial charge in [0.05, 0.1) is 6.04 Å². The Kier molecular flexibility index (Phi) is 5.21. The van der Waals surface area contributed by atoms with E-state index in [2.05, 4.69) is 0 Å². The lowest BCUT2D eigenvalue weighted by Gasteiger charge is -2.28. The van der Waals surface area contributed by atoms with Gasteiger partial charge in [0.2, 0.25) is 0 Å². The van der Waals surface area contributed by atoms with Gasteiger partial charge in [-0.05, 0) is 17.0 Å². The molecule has 4 nitrogen and oxygen atoms in total. The second-order valence-electron chi connectivity index (χ2n) is 6.95. The molecule has 1 heterocycles. The lowest BCUT2D eigenvalue weighted by molar-refractivity contribution is -0.130. The van der Waals surface area contributed by atoms with Gasteiger partial charge in [-0.15, -0.1) is 0 Å². The number of aliphatic hydroxyl groups excluding tert-OH is 1. The van der Waals surface area contributed by atoms with Crippen molar-refractivity contribution in [2.75, 3.05) is 0 Å². The van der Waals surface area contributed by atoms with Crippen molar-refractivity contribution in [3.8, 4) is 0 Å². The SMILES string of the molecule is CC(C)[C@H]1C(O)=C(C(=O)Cc2ccccc2)C(=O)N1Cc1ccccc1. The summed E-state index contributed by atoms with van der Waals surface area (Å²) in [4.78, 5) is 27.3. The largest absolute Gasteiger partial charge is 0.509 e. The van der Waals surface area contributed by atoms with Crippen LogP contribution in [0, 0.1) is 5.92 Å². The summed E-state index contributed by atoms with van der Waals surface area (Å²) >= 11 is 0. The fraction of sp³-hybridized carbons (Fsp3) is 0.273. The fourth-order valence-electron chi connectivity index (χ4n) is 3.43. The molecule has 0 saturated carbocycles. The van der Waals surface area contributed by atoms with Crippen molar-refractivity contribution in [3.05, 3.63) is 83.1 Å². The van der Waals surface area contributed by atoms with Crippen molar-refractivity contribution in [2.24, 2.45) is 5.92 Å². The van der Waals surface area contributed by atoms with Crippen molar-refractivity contribution in [1.82, 2.24) is 4.90 Å². The average molecular weight is 349 g/mol. The van der Waals surface area contributed by atoms with Crippen LogP contribution < -0.4 is 0 Å². The summed E-state index contributed by atoms with van der Waals surface area (Å²) in [6.07, 6.45) is 0.107. The van der Waals surface area contributed by atoms with Crippen LogP contribution in [0.2, 0.25) is 0 Å². The third kappa shape index (κ3) is 3.54. The number of hydrogen-bond donors (Lipinski definition) is 1. The van der Waals surface area contributed by atoms with E-state index in [0.29, 0.717) is 6.54 Å². The first-order chi connectivity index (χ1) is 12.5. The number of hydrogen-bond acceptors (Lipinski definition) is 3. The van der Waals surface area contributed by atoms with Crippen molar-refractivity contribution < 1.29 is 14.7 Å². The predicted octanol–water partition coefficient (Wildman–Crippen LogP) is 3.68. The van der Waals surface area contributed by atoms with E-state index in [1.165, 1.54) is 0 Å². The van der Waals surface area contributed by atoms with Crippen LogP contribution in [0.15, 0.2) is 72.0 Å². The highest BCUT2D eigenvalue weighted by molar-refractivity contribution is 6.21. The molecule has 26 heavy (non-hydrogen) atoms. The van der Waals surface area contributed by atoms with Crippen LogP contribution in [0.1, 0.15) is 25.0 Å². The molecule has 0 fully saturated rings. The number of carbonyl (C=O) groups is 2. The third-order valence-corrected chi connectivity index (χ3v) is 4.66. The first kappa shape index (κ1) is 17.9. The molecule has 1 N–H and O–H groups in total. The van der Waals surface area contributed by atoms with Crippen molar-refractivity contribution in [1.29, 1.82) is 0 Å². The van der Waals surface area contributed by atoms with Gasteiger partial charge >= 0.3 is 0 Å². The number of aliphatic hydroxyl groups is 1. The summed E-state index contributed by atoms with van der Waals surface area (Å²) in [5.74, 6) is -0.808. The molecule has 0 radical (unpaired) electrons. The van der Waals surface area contributed by atoms with Gasteiger partial charge in [0.15, 0.2) is 5.78 Å². The minimum absolute atomic E-state index is 0.00434. The molecule has 1 aliphatic rings. The zero-order chi connectivity index (χ0) is 18.7. The second kappa shape index (κ2) is 7.56. The number of amides is 1. The van der Waals surface area contributed by atoms with Crippen LogP contribution in [0.3, 0.4) is 0 Å². The number of rotatable bonds is 6. The third-order valence-electron chi connectivity index (χ3n) is 4.66. The lowest BCUT2D eigenvalue weighted by atomic mass is 9.98. The zero-order valence-electron chi connectivity index (χ0n) is 15.1. The highest BCUT2D eigenvalue weighted by Crippen LogP contribution is 2.31. The predicted molar refractivity (Wildman–Crippen MR) is 100 cm³/mol. The summed E-state index contributed by atoms with van der Waals surface area (Å²) < 4.78 is 0. The summed E-state index contributed by atoms with van der Waals surface area (Å²) in [5, 5.41) is 10.7. The lowest BCUT2D eigenvalue weighted by Crippen LogP contribution is -2.38. The molecule has 3 rings (SSSR count). The number of nitrogens with zero attached hydrogens (tertiary/aromatic N) is 1. The Hall–Kier alpha value is -2.88. The Labute approximate surface area is 153 Å². The van der Waals surface area contributed by atoms with Gasteiger partial charge < -0.3 is 10.0 Å². The first-order valence-corrected chi connectivity index (χ1v) is 8.84. The molecule has 2 aromatic carbocycles. The van der Waals surface area contributed by atoms with E-state index in [1.54, 1.807) is 4.90 Å². The van der Waals surface area contributed by atoms with Crippen LogP contribution in [-0.2, 0) is 22.6 Å². The Bertz CT molecular complexity index is 825. The molecule has 1 amide bonds. The first-order valence-electron chi connectivity index (χ1n) is 8.84. The highest BCUT2D eigenvalue weighted by Gasteiger charge is 2.43. The molecule has 0 aromatic heterocycles. The van der Waals surface area contributed by atoms with Gasteiger partial charge in [-0.3, -0.25) is 9.59 Å². The topological polar surface area (TPSA) is 57.6 Å². The summed E-state index contributed by atoms with van der Waals surface area (Å²) in [6.45, 7) is 4.25. The van der Waals surface area contributed by atoms with Crippen molar-refractivity contribution in [2.45, 2.75) is 32.9 Å². The van der Waals surface area contributed by atoms with E-state index in [0.717, 1.165) is 11.1 Å². The van der Waals surface area contributed by atoms with Crippen molar-refractivity contribution >= 4 is 11.7 Å². The molecular formula is C22H23NO3. The van der Waals surface area contributed by atoms with Gasteiger partial charge in [0.25, 0.3) is 5.91 Å². The molecule has 1 atom stereocenters. The monoisotopic (exact) mass is 349 g/mol. The van der Waals surface area contributed by atoms with E-state index in [4.69, 9.17) is 0 Å². The number of benzene rings is 2. The molecule has 0 aliphatic carbocycles. The zero-order valence-corrected chi connectivity index (χ0v) is 15.1. The van der Waals surface area contributed by atoms with Crippen molar-refractivity contribution in [3.63, 3.8) is 0 Å². The molecular weight excluding hydrogens is 326 g/mol. The maximum atomic E-state index is 13.0. The molecule has 1 aliphatic heterocycles. The maximum absolute atomic E-state index is 13.0. The van der Waals surface area contributed by atoms with Gasteiger partial charge in [0, 0.05) is 13.0 Å². The number of carbonyl (C=O) groups excluding carboxylic acids is 2. The van der Waals surface area contributed by atoms with E-state index < -0.39 is 6.04 Å². The van der Waals surface area contributed by atoms with Gasteiger partial charge in [-0.1, -0.05) is 74.5 Å². The number of ketones is 1. The maximum Gasteiger partial charge on any atom is 0.261 e. The molecule has 0 spiro atoms. The van der Waals surface area contributed by atoms with Crippen LogP contribution >= 0.6 is 0 Å². The molecule has 0 unspecified atom stereocenters. The number of Topliss-reactive ketones (excluding diaryl/α,β-unsaturated/α-hetero) is 1. The van der Waals surface area contributed by atoms with E-state index in [1.807, 2.05) is 74.5 Å². The normalized spacial score (nSPS) is 17.3. The summed E-state index contributed by atoms with van der Waals surface area (Å²) in [6, 6.07) is 18.4. The van der Waals surface area contributed by atoms with Crippen LogP contribution in [0.4, 0.5) is 0 Å². The van der Waals surface area contributed by atoms with Gasteiger partial charge in [0.1, 0.15) is 11.3 Å². The molecule has 4 heteroatoms. The molecule has 2 aromatic rings. The van der Waals surface area contributed by atoms with Gasteiger partial charge in [-0.2, -0.15) is 0 Å².